The second-order valence-corrected chi connectivity index (χ2v) is 8.05. The van der Waals surface area contributed by atoms with E-state index in [1.54, 1.807) is 6.08 Å². The van der Waals surface area contributed by atoms with Crippen LogP contribution in [0.2, 0.25) is 0 Å². The quantitative estimate of drug-likeness (QED) is 0.700. The number of carbonyl (C=O) groups excluding carboxylic acids is 2. The van der Waals surface area contributed by atoms with Gasteiger partial charge in [0.1, 0.15) is 0 Å². The SMILES string of the molecule is CCCCN1C(=O)CC2(C[C@H](O)C=CC2=O)[C@H]1/C=C(\C)CCC=C(C)C. The first-order chi connectivity index (χ1) is 12.3. The highest BCUT2D eigenvalue weighted by molar-refractivity contribution is 6.02. The molecule has 3 atom stereocenters. The zero-order valence-electron chi connectivity index (χ0n) is 16.6. The van der Waals surface area contributed by atoms with Gasteiger partial charge in [0.25, 0.3) is 0 Å². The summed E-state index contributed by atoms with van der Waals surface area (Å²) in [6.07, 6.45) is 11.0. The van der Waals surface area contributed by atoms with Gasteiger partial charge in [0.15, 0.2) is 5.78 Å². The van der Waals surface area contributed by atoms with E-state index in [2.05, 4.69) is 39.8 Å². The lowest BCUT2D eigenvalue weighted by molar-refractivity contribution is -0.129. The average Bonchev–Trinajstić information content (AvgIpc) is 2.81. The second kappa shape index (κ2) is 8.81. The average molecular weight is 360 g/mol. The Morgan fingerprint density at radius 2 is 2.08 bits per heavy atom. The largest absolute Gasteiger partial charge is 0.389 e. The molecule has 1 aliphatic carbocycles. The molecule has 1 saturated heterocycles. The number of unbranched alkanes of at least 4 members (excludes halogenated alkanes) is 1. The molecule has 0 aromatic carbocycles. The summed E-state index contributed by atoms with van der Waals surface area (Å²) < 4.78 is 0. The fourth-order valence-corrected chi connectivity index (χ4v) is 4.04. The first-order valence-corrected chi connectivity index (χ1v) is 9.81. The lowest BCUT2D eigenvalue weighted by atomic mass is 9.69. The summed E-state index contributed by atoms with van der Waals surface area (Å²) in [4.78, 5) is 27.4. The number of allylic oxidation sites excluding steroid dienone is 4. The summed E-state index contributed by atoms with van der Waals surface area (Å²) >= 11 is 0. The van der Waals surface area contributed by atoms with Gasteiger partial charge in [0.05, 0.1) is 17.6 Å². The van der Waals surface area contributed by atoms with Gasteiger partial charge < -0.3 is 10.0 Å². The Hall–Kier alpha value is -1.68. The van der Waals surface area contributed by atoms with Crippen LogP contribution < -0.4 is 0 Å². The van der Waals surface area contributed by atoms with Crippen molar-refractivity contribution < 1.29 is 14.7 Å². The first kappa shape index (κ1) is 20.6. The Bertz CT molecular complexity index is 627. The van der Waals surface area contributed by atoms with E-state index < -0.39 is 11.5 Å². The lowest BCUT2D eigenvalue weighted by Crippen LogP contribution is -2.47. The maximum atomic E-state index is 12.8. The molecular weight excluding hydrogens is 326 g/mol. The summed E-state index contributed by atoms with van der Waals surface area (Å²) in [5, 5.41) is 10.2. The van der Waals surface area contributed by atoms with Gasteiger partial charge in [0.2, 0.25) is 5.91 Å². The third-order valence-corrected chi connectivity index (χ3v) is 5.51. The molecule has 2 rings (SSSR count). The van der Waals surface area contributed by atoms with Crippen molar-refractivity contribution >= 4 is 11.7 Å². The summed E-state index contributed by atoms with van der Waals surface area (Å²) in [5.74, 6) is 0.0149. The summed E-state index contributed by atoms with van der Waals surface area (Å²) in [5.41, 5.74) is 1.68. The number of aliphatic hydroxyl groups excluding tert-OH is 1. The Morgan fingerprint density at radius 3 is 2.73 bits per heavy atom. The molecule has 1 heterocycles. The van der Waals surface area contributed by atoms with Gasteiger partial charge in [-0.25, -0.2) is 0 Å². The van der Waals surface area contributed by atoms with Crippen LogP contribution in [0.25, 0.3) is 0 Å². The minimum Gasteiger partial charge on any atom is -0.389 e. The third kappa shape index (κ3) is 4.53. The number of ketones is 1. The molecule has 4 heteroatoms. The van der Waals surface area contributed by atoms with Gasteiger partial charge in [-0.15, -0.1) is 0 Å². The molecule has 26 heavy (non-hydrogen) atoms. The van der Waals surface area contributed by atoms with E-state index in [-0.39, 0.29) is 24.2 Å². The van der Waals surface area contributed by atoms with Crippen LogP contribution in [0, 0.1) is 5.41 Å². The van der Waals surface area contributed by atoms with E-state index >= 15 is 0 Å². The van der Waals surface area contributed by atoms with Gasteiger partial charge in [-0.3, -0.25) is 9.59 Å². The van der Waals surface area contributed by atoms with Crippen LogP contribution in [0.3, 0.4) is 0 Å². The highest BCUT2D eigenvalue weighted by atomic mass is 16.3. The number of aliphatic hydroxyl groups is 1. The second-order valence-electron chi connectivity index (χ2n) is 8.05. The maximum absolute atomic E-state index is 12.8. The topological polar surface area (TPSA) is 57.6 Å². The molecule has 1 fully saturated rings. The molecule has 0 aromatic heterocycles. The maximum Gasteiger partial charge on any atom is 0.224 e. The van der Waals surface area contributed by atoms with Crippen LogP contribution in [0.1, 0.15) is 66.2 Å². The Balaban J connectivity index is 2.32. The van der Waals surface area contributed by atoms with Crippen molar-refractivity contribution in [2.45, 2.75) is 78.4 Å². The third-order valence-electron chi connectivity index (χ3n) is 5.51. The van der Waals surface area contributed by atoms with E-state index in [0.29, 0.717) is 13.0 Å². The van der Waals surface area contributed by atoms with Crippen LogP contribution in [-0.2, 0) is 9.59 Å². The highest BCUT2D eigenvalue weighted by Gasteiger charge is 2.55. The molecule has 0 bridgehead atoms. The molecule has 2 aliphatic rings. The molecule has 1 spiro atoms. The zero-order valence-corrected chi connectivity index (χ0v) is 16.6. The molecule has 0 aromatic rings. The molecular formula is C22H33NO3. The predicted octanol–water partition coefficient (Wildman–Crippen LogP) is 3.96. The number of amides is 1. The van der Waals surface area contributed by atoms with Crippen LogP contribution in [0.5, 0.6) is 0 Å². The Labute approximate surface area is 157 Å². The van der Waals surface area contributed by atoms with Crippen molar-refractivity contribution in [2.24, 2.45) is 5.41 Å². The Morgan fingerprint density at radius 1 is 1.35 bits per heavy atom. The van der Waals surface area contributed by atoms with Crippen LogP contribution >= 0.6 is 0 Å². The van der Waals surface area contributed by atoms with Crippen molar-refractivity contribution in [2.75, 3.05) is 6.54 Å². The fraction of sp³-hybridized carbons (Fsp3) is 0.636. The summed E-state index contributed by atoms with van der Waals surface area (Å²) in [7, 11) is 0. The van der Waals surface area contributed by atoms with Crippen LogP contribution in [-0.4, -0.2) is 40.4 Å². The van der Waals surface area contributed by atoms with Crippen LogP contribution in [0.4, 0.5) is 0 Å². The molecule has 1 amide bonds. The molecule has 0 radical (unpaired) electrons. The van der Waals surface area contributed by atoms with E-state index in [1.165, 1.54) is 17.2 Å². The molecule has 0 saturated carbocycles. The lowest BCUT2D eigenvalue weighted by Gasteiger charge is -2.37. The van der Waals surface area contributed by atoms with Gasteiger partial charge in [0, 0.05) is 13.0 Å². The van der Waals surface area contributed by atoms with Gasteiger partial charge in [-0.2, -0.15) is 0 Å². The minimum atomic E-state index is -0.809. The Kier molecular flexibility index (Phi) is 6.99. The highest BCUT2D eigenvalue weighted by Crippen LogP contribution is 2.46. The van der Waals surface area contributed by atoms with Gasteiger partial charge in [-0.1, -0.05) is 42.7 Å². The molecule has 1 aliphatic heterocycles. The van der Waals surface area contributed by atoms with E-state index in [9.17, 15) is 14.7 Å². The van der Waals surface area contributed by atoms with Crippen molar-refractivity contribution in [1.29, 1.82) is 0 Å². The van der Waals surface area contributed by atoms with Crippen molar-refractivity contribution in [1.82, 2.24) is 4.90 Å². The number of hydrogen-bond acceptors (Lipinski definition) is 3. The van der Waals surface area contributed by atoms with E-state index in [1.807, 2.05) is 4.90 Å². The number of rotatable bonds is 7. The molecule has 1 N–H and O–H groups in total. The fourth-order valence-electron chi connectivity index (χ4n) is 4.04. The van der Waals surface area contributed by atoms with Crippen molar-refractivity contribution in [3.05, 3.63) is 35.5 Å². The first-order valence-electron chi connectivity index (χ1n) is 9.81. The van der Waals surface area contributed by atoms with Crippen LogP contribution in [0.15, 0.2) is 35.5 Å². The van der Waals surface area contributed by atoms with E-state index in [0.717, 1.165) is 25.7 Å². The predicted molar refractivity (Wildman–Crippen MR) is 105 cm³/mol. The number of nitrogens with zero attached hydrogens (tertiary/aromatic N) is 1. The smallest absolute Gasteiger partial charge is 0.224 e. The normalized spacial score (nSPS) is 29.0. The van der Waals surface area contributed by atoms with Crippen molar-refractivity contribution in [3.63, 3.8) is 0 Å². The minimum absolute atomic E-state index is 0.0199. The van der Waals surface area contributed by atoms with E-state index in [4.69, 9.17) is 0 Å². The van der Waals surface area contributed by atoms with Crippen molar-refractivity contribution in [3.8, 4) is 0 Å². The van der Waals surface area contributed by atoms with Gasteiger partial charge in [-0.05, 0) is 52.5 Å². The summed E-state index contributed by atoms with van der Waals surface area (Å²) in [6, 6.07) is -0.250. The monoisotopic (exact) mass is 359 g/mol. The zero-order chi connectivity index (χ0) is 19.3. The molecule has 144 valence electrons. The van der Waals surface area contributed by atoms with Gasteiger partial charge >= 0.3 is 0 Å². The standard InChI is InChI=1S/C22H33NO3/c1-5-6-12-23-19(13-17(4)9-7-8-16(2)3)22(15-21(23)26)14-18(24)10-11-20(22)25/h8,10-11,13,18-19,24H,5-7,9,12,14-15H2,1-4H3/b17-13+/t18-,19-,22?/m1/s1. The number of carbonyl (C=O) groups is 2. The molecule has 4 nitrogen and oxygen atoms in total. The summed E-state index contributed by atoms with van der Waals surface area (Å²) in [6.45, 7) is 9.03. The number of hydrogen-bond donors (Lipinski definition) is 1. The molecule has 1 unspecified atom stereocenters. The number of likely N-dealkylation sites (tertiary alicyclic amines) is 1.